The number of hydrogen-bond donors (Lipinski definition) is 1. The van der Waals surface area contributed by atoms with Crippen LogP contribution in [0.2, 0.25) is 0 Å². The van der Waals surface area contributed by atoms with E-state index in [1.165, 1.54) is 16.5 Å². The number of thioether (sulfide) groups is 1. The molecule has 0 saturated heterocycles. The van der Waals surface area contributed by atoms with Crippen LogP contribution in [-0.4, -0.2) is 5.51 Å². The zero-order chi connectivity index (χ0) is 14.9. The van der Waals surface area contributed by atoms with E-state index in [0.29, 0.717) is 5.69 Å². The molecule has 0 bridgehead atoms. The van der Waals surface area contributed by atoms with Gasteiger partial charge in [-0.15, -0.1) is 11.3 Å². The van der Waals surface area contributed by atoms with Crippen LogP contribution in [0.4, 0.5) is 18.9 Å². The van der Waals surface area contributed by atoms with Gasteiger partial charge in [-0.2, -0.15) is 13.2 Å². The second-order valence-electron chi connectivity index (χ2n) is 4.93. The van der Waals surface area contributed by atoms with Crippen LogP contribution in [0.5, 0.6) is 0 Å². The van der Waals surface area contributed by atoms with Gasteiger partial charge in [0.05, 0.1) is 6.04 Å². The standard InChI is InChI=1S/C15H14F3NS2/c16-15(17,18)21-14-6-2-1-4-12(14)19-11-5-3-7-13-10(11)8-9-20-13/h1-2,4,6,8-9,11,19H,3,5,7H2. The summed E-state index contributed by atoms with van der Waals surface area (Å²) in [6, 6.07) is 8.81. The molecule has 0 radical (unpaired) electrons. The molecule has 0 aliphatic heterocycles. The number of fused-ring (bicyclic) bond motifs is 1. The molecule has 1 atom stereocenters. The average Bonchev–Trinajstić information content (AvgIpc) is 2.89. The second-order valence-corrected chi connectivity index (χ2v) is 7.04. The number of hydrogen-bond acceptors (Lipinski definition) is 3. The Labute approximate surface area is 129 Å². The van der Waals surface area contributed by atoms with E-state index >= 15 is 0 Å². The van der Waals surface area contributed by atoms with E-state index in [4.69, 9.17) is 0 Å². The summed E-state index contributed by atoms with van der Waals surface area (Å²) in [6.45, 7) is 0. The van der Waals surface area contributed by atoms with Crippen LogP contribution >= 0.6 is 23.1 Å². The van der Waals surface area contributed by atoms with Crippen LogP contribution in [0.3, 0.4) is 0 Å². The first-order valence-electron chi connectivity index (χ1n) is 6.70. The molecule has 0 amide bonds. The quantitative estimate of drug-likeness (QED) is 0.709. The topological polar surface area (TPSA) is 12.0 Å². The van der Waals surface area contributed by atoms with E-state index in [9.17, 15) is 13.2 Å². The van der Waals surface area contributed by atoms with Crippen molar-refractivity contribution < 1.29 is 13.2 Å². The highest BCUT2D eigenvalue weighted by atomic mass is 32.2. The highest BCUT2D eigenvalue weighted by Gasteiger charge is 2.31. The van der Waals surface area contributed by atoms with Crippen molar-refractivity contribution in [2.75, 3.05) is 5.32 Å². The number of nitrogens with one attached hydrogen (secondary N) is 1. The van der Waals surface area contributed by atoms with Crippen LogP contribution in [0.25, 0.3) is 0 Å². The van der Waals surface area contributed by atoms with Crippen molar-refractivity contribution >= 4 is 28.8 Å². The lowest BCUT2D eigenvalue weighted by atomic mass is 9.94. The number of thiophene rings is 1. The molecule has 6 heteroatoms. The Kier molecular flexibility index (Phi) is 4.17. The molecule has 1 unspecified atom stereocenters. The van der Waals surface area contributed by atoms with Gasteiger partial charge < -0.3 is 5.32 Å². The van der Waals surface area contributed by atoms with Gasteiger partial charge in [0.2, 0.25) is 0 Å². The molecule has 1 aliphatic rings. The molecule has 112 valence electrons. The Balaban J connectivity index is 1.83. The minimum atomic E-state index is -4.27. The van der Waals surface area contributed by atoms with Crippen LogP contribution in [0.1, 0.15) is 29.3 Å². The van der Waals surface area contributed by atoms with E-state index < -0.39 is 5.51 Å². The summed E-state index contributed by atoms with van der Waals surface area (Å²) in [6.07, 6.45) is 3.10. The number of para-hydroxylation sites is 1. The van der Waals surface area contributed by atoms with E-state index in [0.717, 1.165) is 19.3 Å². The third-order valence-electron chi connectivity index (χ3n) is 3.49. The maximum absolute atomic E-state index is 12.6. The van der Waals surface area contributed by atoms with Gasteiger partial charge >= 0.3 is 5.51 Å². The summed E-state index contributed by atoms with van der Waals surface area (Å²) in [7, 11) is 0. The van der Waals surface area contributed by atoms with Gasteiger partial charge in [0.25, 0.3) is 0 Å². The van der Waals surface area contributed by atoms with Crippen molar-refractivity contribution in [1.82, 2.24) is 0 Å². The predicted octanol–water partition coefficient (Wildman–Crippen LogP) is 5.85. The SMILES string of the molecule is FC(F)(F)Sc1ccccc1NC1CCCc2sccc21. The van der Waals surface area contributed by atoms with E-state index in [2.05, 4.69) is 16.8 Å². The fourth-order valence-electron chi connectivity index (χ4n) is 2.62. The molecule has 21 heavy (non-hydrogen) atoms. The molecule has 1 aromatic heterocycles. The fraction of sp³-hybridized carbons (Fsp3) is 0.333. The van der Waals surface area contributed by atoms with Crippen LogP contribution in [0.15, 0.2) is 40.6 Å². The van der Waals surface area contributed by atoms with Gasteiger partial charge in [-0.05, 0) is 60.2 Å². The monoisotopic (exact) mass is 329 g/mol. The minimum absolute atomic E-state index is 0.0606. The Hall–Kier alpha value is -1.14. The van der Waals surface area contributed by atoms with Gasteiger partial charge in [0.1, 0.15) is 0 Å². The highest BCUT2D eigenvalue weighted by molar-refractivity contribution is 8.00. The van der Waals surface area contributed by atoms with Crippen LogP contribution in [0, 0.1) is 0 Å². The van der Waals surface area contributed by atoms with E-state index in [-0.39, 0.29) is 22.7 Å². The van der Waals surface area contributed by atoms with Gasteiger partial charge in [-0.1, -0.05) is 12.1 Å². The van der Waals surface area contributed by atoms with Gasteiger partial charge in [0.15, 0.2) is 0 Å². The Morgan fingerprint density at radius 3 is 2.81 bits per heavy atom. The van der Waals surface area contributed by atoms with Crippen LogP contribution in [-0.2, 0) is 6.42 Å². The molecule has 1 nitrogen and oxygen atoms in total. The first kappa shape index (κ1) is 14.8. The number of rotatable bonds is 3. The number of halogens is 3. The maximum Gasteiger partial charge on any atom is 0.446 e. The smallest absolute Gasteiger partial charge is 0.377 e. The molecule has 1 aromatic carbocycles. The molecule has 1 aliphatic carbocycles. The van der Waals surface area contributed by atoms with Crippen molar-refractivity contribution in [1.29, 1.82) is 0 Å². The van der Waals surface area contributed by atoms with E-state index in [1.807, 2.05) is 0 Å². The average molecular weight is 329 g/mol. The third kappa shape index (κ3) is 3.55. The molecule has 2 aromatic rings. The predicted molar refractivity (Wildman–Crippen MR) is 82.0 cm³/mol. The molecule has 3 rings (SSSR count). The van der Waals surface area contributed by atoms with Gasteiger partial charge in [-0.25, -0.2) is 0 Å². The van der Waals surface area contributed by atoms with Crippen molar-refractivity contribution in [3.8, 4) is 0 Å². The van der Waals surface area contributed by atoms with Gasteiger partial charge in [-0.3, -0.25) is 0 Å². The third-order valence-corrected chi connectivity index (χ3v) is 5.30. The molecule has 1 N–H and O–H groups in total. The maximum atomic E-state index is 12.6. The number of benzene rings is 1. The van der Waals surface area contributed by atoms with Crippen molar-refractivity contribution in [3.05, 3.63) is 46.2 Å². The molecular weight excluding hydrogens is 315 g/mol. The molecular formula is C15H14F3NS2. The van der Waals surface area contributed by atoms with Gasteiger partial charge in [0, 0.05) is 15.5 Å². The Morgan fingerprint density at radius 2 is 2.00 bits per heavy atom. The summed E-state index contributed by atoms with van der Waals surface area (Å²) in [5, 5.41) is 5.36. The van der Waals surface area contributed by atoms with Crippen molar-refractivity contribution in [3.63, 3.8) is 0 Å². The summed E-state index contributed by atoms with van der Waals surface area (Å²) in [4.78, 5) is 1.58. The zero-order valence-electron chi connectivity index (χ0n) is 11.1. The lowest BCUT2D eigenvalue weighted by molar-refractivity contribution is -0.0327. The van der Waals surface area contributed by atoms with Crippen LogP contribution < -0.4 is 5.32 Å². The first-order valence-corrected chi connectivity index (χ1v) is 8.40. The lowest BCUT2D eigenvalue weighted by Crippen LogP contribution is -2.16. The summed E-state index contributed by atoms with van der Waals surface area (Å²) < 4.78 is 37.9. The molecule has 1 heterocycles. The zero-order valence-corrected chi connectivity index (χ0v) is 12.7. The fourth-order valence-corrected chi connectivity index (χ4v) is 4.24. The molecule has 0 saturated carbocycles. The number of alkyl halides is 3. The first-order chi connectivity index (χ1) is 10.0. The largest absolute Gasteiger partial charge is 0.446 e. The normalized spacial score (nSPS) is 18.3. The number of anilines is 1. The minimum Gasteiger partial charge on any atom is -0.377 e. The highest BCUT2D eigenvalue weighted by Crippen LogP contribution is 2.42. The molecule has 0 spiro atoms. The summed E-state index contributed by atoms with van der Waals surface area (Å²) in [5.41, 5.74) is -2.47. The molecule has 0 fully saturated rings. The van der Waals surface area contributed by atoms with Crippen molar-refractivity contribution in [2.24, 2.45) is 0 Å². The Bertz CT molecular complexity index is 621. The van der Waals surface area contributed by atoms with E-state index in [1.54, 1.807) is 29.5 Å². The van der Waals surface area contributed by atoms with Crippen molar-refractivity contribution in [2.45, 2.75) is 35.7 Å². The lowest BCUT2D eigenvalue weighted by Gasteiger charge is -2.26. The number of aryl methyl sites for hydroxylation is 1. The summed E-state index contributed by atoms with van der Waals surface area (Å²) >= 11 is 1.67. The second kappa shape index (κ2) is 5.93. The summed E-state index contributed by atoms with van der Waals surface area (Å²) in [5.74, 6) is 0. The Morgan fingerprint density at radius 1 is 1.19 bits per heavy atom.